The van der Waals surface area contributed by atoms with Crippen LogP contribution in [-0.4, -0.2) is 60.2 Å². The number of amides is 1. The Morgan fingerprint density at radius 1 is 1.11 bits per heavy atom. The number of morpholine rings is 1. The average molecular weight is 471 g/mol. The van der Waals surface area contributed by atoms with Crippen molar-refractivity contribution in [1.82, 2.24) is 14.9 Å². The van der Waals surface area contributed by atoms with Gasteiger partial charge in [0.1, 0.15) is 0 Å². The molecule has 0 radical (unpaired) electrons. The van der Waals surface area contributed by atoms with Crippen LogP contribution in [0.2, 0.25) is 0 Å². The molecule has 35 heavy (non-hydrogen) atoms. The second-order valence-corrected chi connectivity index (χ2v) is 8.54. The monoisotopic (exact) mass is 470 g/mol. The van der Waals surface area contributed by atoms with Crippen molar-refractivity contribution >= 4 is 17.5 Å². The molecule has 0 aliphatic carbocycles. The van der Waals surface area contributed by atoms with Crippen molar-refractivity contribution in [2.45, 2.75) is 19.3 Å². The number of hydrogen-bond acceptors (Lipinski definition) is 7. The molecule has 4 rings (SSSR count). The molecular formula is C27H30N6O2. The van der Waals surface area contributed by atoms with E-state index in [1.165, 1.54) is 0 Å². The fourth-order valence-corrected chi connectivity index (χ4v) is 3.90. The molecule has 1 fully saturated rings. The summed E-state index contributed by atoms with van der Waals surface area (Å²) in [6.45, 7) is 7.29. The van der Waals surface area contributed by atoms with Gasteiger partial charge in [-0.25, -0.2) is 9.97 Å². The van der Waals surface area contributed by atoms with E-state index in [2.05, 4.69) is 31.6 Å². The van der Waals surface area contributed by atoms with Gasteiger partial charge in [0.05, 0.1) is 25.2 Å². The van der Waals surface area contributed by atoms with E-state index in [0.29, 0.717) is 17.2 Å². The summed E-state index contributed by atoms with van der Waals surface area (Å²) in [6.07, 6.45) is 4.58. The van der Waals surface area contributed by atoms with Gasteiger partial charge < -0.3 is 15.4 Å². The molecule has 2 heterocycles. The summed E-state index contributed by atoms with van der Waals surface area (Å²) in [6, 6.07) is 16.9. The highest BCUT2D eigenvalue weighted by Gasteiger charge is 2.11. The van der Waals surface area contributed by atoms with E-state index in [0.717, 1.165) is 62.5 Å². The third-order valence-electron chi connectivity index (χ3n) is 5.99. The third-order valence-corrected chi connectivity index (χ3v) is 5.99. The molecule has 0 saturated carbocycles. The number of nitrogens with zero attached hydrogens (tertiary/aromatic N) is 4. The molecular weight excluding hydrogens is 440 g/mol. The van der Waals surface area contributed by atoms with Crippen LogP contribution in [0.15, 0.2) is 60.9 Å². The zero-order chi connectivity index (χ0) is 24.5. The topological polar surface area (TPSA) is 103 Å². The second kappa shape index (κ2) is 12.1. The van der Waals surface area contributed by atoms with Crippen LogP contribution in [0.3, 0.4) is 0 Å². The van der Waals surface area contributed by atoms with E-state index < -0.39 is 0 Å². The van der Waals surface area contributed by atoms with Crippen molar-refractivity contribution in [3.63, 3.8) is 0 Å². The van der Waals surface area contributed by atoms with Gasteiger partial charge in [-0.3, -0.25) is 9.69 Å². The number of nitrogens with one attached hydrogen (secondary N) is 2. The molecule has 8 nitrogen and oxygen atoms in total. The highest BCUT2D eigenvalue weighted by atomic mass is 16.5. The number of anilines is 2. The molecule has 1 unspecified atom stereocenters. The van der Waals surface area contributed by atoms with E-state index in [1.807, 2.05) is 37.3 Å². The van der Waals surface area contributed by atoms with Crippen LogP contribution >= 0.6 is 0 Å². The van der Waals surface area contributed by atoms with Gasteiger partial charge in [0.25, 0.3) is 5.91 Å². The molecule has 1 aromatic heterocycles. The molecule has 8 heteroatoms. The van der Waals surface area contributed by atoms with Crippen molar-refractivity contribution in [2.24, 2.45) is 0 Å². The van der Waals surface area contributed by atoms with Crippen LogP contribution in [-0.2, 0) is 4.74 Å². The van der Waals surface area contributed by atoms with E-state index in [-0.39, 0.29) is 11.8 Å². The predicted molar refractivity (Wildman–Crippen MR) is 136 cm³/mol. The summed E-state index contributed by atoms with van der Waals surface area (Å²) in [5, 5.41) is 15.4. The molecule has 1 saturated heterocycles. The van der Waals surface area contributed by atoms with Gasteiger partial charge in [0.2, 0.25) is 5.95 Å². The summed E-state index contributed by atoms with van der Waals surface area (Å²) in [5.41, 5.74) is 3.79. The Kier molecular flexibility index (Phi) is 8.39. The normalized spacial score (nSPS) is 14.6. The van der Waals surface area contributed by atoms with E-state index in [4.69, 9.17) is 10.00 Å². The Morgan fingerprint density at radius 2 is 1.89 bits per heavy atom. The number of carbonyl (C=O) groups excluding carboxylic acids is 1. The van der Waals surface area contributed by atoms with Gasteiger partial charge in [0.15, 0.2) is 0 Å². The highest BCUT2D eigenvalue weighted by molar-refractivity contribution is 6.04. The first-order chi connectivity index (χ1) is 17.1. The van der Waals surface area contributed by atoms with Crippen LogP contribution in [0.25, 0.3) is 11.1 Å². The summed E-state index contributed by atoms with van der Waals surface area (Å²) in [5.74, 6) is 0.113. The van der Waals surface area contributed by atoms with E-state index in [1.54, 1.807) is 30.6 Å². The molecule has 0 spiro atoms. The second-order valence-electron chi connectivity index (χ2n) is 8.54. The minimum Gasteiger partial charge on any atom is -0.379 e. The third kappa shape index (κ3) is 6.85. The Hall–Kier alpha value is -3.80. The molecule has 2 N–H and O–H groups in total. The zero-order valence-corrected chi connectivity index (χ0v) is 19.9. The molecule has 1 atom stereocenters. The lowest BCUT2D eigenvalue weighted by Gasteiger charge is -2.26. The highest BCUT2D eigenvalue weighted by Crippen LogP contribution is 2.23. The lowest BCUT2D eigenvalue weighted by atomic mass is 10.00. The van der Waals surface area contributed by atoms with Crippen LogP contribution in [0, 0.1) is 11.3 Å². The first-order valence-electron chi connectivity index (χ1n) is 11.9. The number of hydrogen-bond donors (Lipinski definition) is 2. The smallest absolute Gasteiger partial charge is 0.255 e. The first kappa shape index (κ1) is 24.3. The maximum atomic E-state index is 12.8. The van der Waals surface area contributed by atoms with Crippen molar-refractivity contribution in [3.8, 4) is 17.2 Å². The minimum atomic E-state index is -0.270. The fourth-order valence-electron chi connectivity index (χ4n) is 3.90. The quantitative estimate of drug-likeness (QED) is 0.453. The maximum absolute atomic E-state index is 12.8. The largest absolute Gasteiger partial charge is 0.379 e. The molecule has 3 aromatic rings. The van der Waals surface area contributed by atoms with Crippen LogP contribution in [0.1, 0.15) is 35.2 Å². The van der Waals surface area contributed by atoms with Gasteiger partial charge in [-0.2, -0.15) is 5.26 Å². The Morgan fingerprint density at radius 3 is 2.66 bits per heavy atom. The summed E-state index contributed by atoms with van der Waals surface area (Å²) >= 11 is 0. The molecule has 1 aliphatic heterocycles. The number of ether oxygens (including phenoxy) is 1. The first-order valence-corrected chi connectivity index (χ1v) is 11.9. The Balaban J connectivity index is 1.32. The maximum Gasteiger partial charge on any atom is 0.255 e. The Bertz CT molecular complexity index is 1170. The molecule has 0 bridgehead atoms. The average Bonchev–Trinajstić information content (AvgIpc) is 2.92. The van der Waals surface area contributed by atoms with E-state index in [9.17, 15) is 4.79 Å². The fraction of sp³-hybridized carbons (Fsp3) is 0.333. The van der Waals surface area contributed by atoms with Crippen molar-refractivity contribution in [1.29, 1.82) is 5.26 Å². The number of benzene rings is 2. The summed E-state index contributed by atoms with van der Waals surface area (Å²) in [4.78, 5) is 24.1. The van der Waals surface area contributed by atoms with Crippen molar-refractivity contribution in [2.75, 3.05) is 50.0 Å². The van der Waals surface area contributed by atoms with Gasteiger partial charge in [-0.05, 0) is 55.3 Å². The number of nitriles is 1. The summed E-state index contributed by atoms with van der Waals surface area (Å²) in [7, 11) is 0. The standard InChI is InChI=1S/C27H30N6O2/c1-20(17-28)21-5-2-7-23(15-21)26(34)32-25-8-3-6-22(16-25)24-18-30-27(31-19-24)29-9-4-10-33-11-13-35-14-12-33/h2-3,5-8,15-16,18-20H,4,9-14H2,1H3,(H,32,34)(H,29,30,31). The molecule has 1 aliphatic rings. The minimum absolute atomic E-state index is 0.220. The SMILES string of the molecule is CC(C#N)c1cccc(C(=O)Nc2cccc(-c3cnc(NCCCN4CCOCC4)nc3)c2)c1. The molecule has 180 valence electrons. The van der Waals surface area contributed by atoms with E-state index >= 15 is 0 Å². The van der Waals surface area contributed by atoms with Crippen molar-refractivity contribution in [3.05, 3.63) is 72.1 Å². The predicted octanol–water partition coefficient (Wildman–Crippen LogP) is 4.16. The van der Waals surface area contributed by atoms with Gasteiger partial charge in [0, 0.05) is 48.8 Å². The summed E-state index contributed by atoms with van der Waals surface area (Å²) < 4.78 is 5.38. The van der Waals surface area contributed by atoms with Crippen molar-refractivity contribution < 1.29 is 9.53 Å². The lowest BCUT2D eigenvalue weighted by Crippen LogP contribution is -2.37. The van der Waals surface area contributed by atoms with Crippen LogP contribution in [0.5, 0.6) is 0 Å². The van der Waals surface area contributed by atoms with Gasteiger partial charge >= 0.3 is 0 Å². The Labute approximate surface area is 206 Å². The number of rotatable bonds is 9. The number of carbonyl (C=O) groups is 1. The van der Waals surface area contributed by atoms with Gasteiger partial charge in [-0.1, -0.05) is 24.3 Å². The lowest BCUT2D eigenvalue weighted by molar-refractivity contribution is 0.0378. The van der Waals surface area contributed by atoms with Gasteiger partial charge in [-0.15, -0.1) is 0 Å². The zero-order valence-electron chi connectivity index (χ0n) is 19.9. The number of aromatic nitrogens is 2. The molecule has 2 aromatic carbocycles. The molecule has 1 amide bonds. The van der Waals surface area contributed by atoms with Crippen LogP contribution in [0.4, 0.5) is 11.6 Å². The van der Waals surface area contributed by atoms with Crippen LogP contribution < -0.4 is 10.6 Å².